The first-order chi connectivity index (χ1) is 11.3. The van der Waals surface area contributed by atoms with Gasteiger partial charge in [0.05, 0.1) is 12.7 Å². The number of hydrogen-bond acceptors (Lipinski definition) is 5. The van der Waals surface area contributed by atoms with Crippen molar-refractivity contribution in [1.82, 2.24) is 9.88 Å². The molecule has 3 heterocycles. The molecule has 5 nitrogen and oxygen atoms in total. The monoisotopic (exact) mass is 319 g/mol. The maximum Gasteiger partial charge on any atom is 0.128 e. The highest BCUT2D eigenvalue weighted by Gasteiger charge is 2.31. The molecule has 0 radical (unpaired) electrons. The molecule has 23 heavy (non-hydrogen) atoms. The fourth-order valence-electron chi connectivity index (χ4n) is 3.64. The molecule has 2 atom stereocenters. The van der Waals surface area contributed by atoms with Crippen LogP contribution in [0.1, 0.15) is 24.8 Å². The zero-order valence-electron chi connectivity index (χ0n) is 14.4. The Morgan fingerprint density at radius 1 is 1.39 bits per heavy atom. The molecule has 1 aromatic heterocycles. The summed E-state index contributed by atoms with van der Waals surface area (Å²) in [6, 6.07) is 4.32. The Balaban J connectivity index is 1.52. The Bertz CT molecular complexity index is 480. The quantitative estimate of drug-likeness (QED) is 0.803. The summed E-state index contributed by atoms with van der Waals surface area (Å²) in [5, 5.41) is 0. The highest BCUT2D eigenvalue weighted by atomic mass is 16.5. The molecular weight excluding hydrogens is 290 g/mol. The van der Waals surface area contributed by atoms with Crippen LogP contribution >= 0.6 is 0 Å². The molecule has 1 aromatic rings. The minimum Gasteiger partial charge on any atom is -0.383 e. The Morgan fingerprint density at radius 3 is 3.09 bits per heavy atom. The van der Waals surface area contributed by atoms with Crippen LogP contribution in [0.3, 0.4) is 0 Å². The fourth-order valence-corrected chi connectivity index (χ4v) is 3.64. The van der Waals surface area contributed by atoms with E-state index in [9.17, 15) is 0 Å². The number of likely N-dealkylation sites (tertiary alicyclic amines) is 1. The summed E-state index contributed by atoms with van der Waals surface area (Å²) in [6.45, 7) is 5.84. The van der Waals surface area contributed by atoms with Gasteiger partial charge in [0.2, 0.25) is 0 Å². The Hall–Kier alpha value is -1.17. The second-order valence-electron chi connectivity index (χ2n) is 6.77. The van der Waals surface area contributed by atoms with Crippen LogP contribution < -0.4 is 4.90 Å². The molecule has 0 aromatic carbocycles. The zero-order chi connectivity index (χ0) is 16.1. The lowest BCUT2D eigenvalue weighted by Crippen LogP contribution is -2.45. The molecule has 0 N–H and O–H groups in total. The molecular formula is C18H29N3O2. The number of pyridine rings is 1. The predicted octanol–water partition coefficient (Wildman–Crippen LogP) is 2.17. The van der Waals surface area contributed by atoms with Crippen LogP contribution in [0.4, 0.5) is 5.82 Å². The zero-order valence-corrected chi connectivity index (χ0v) is 14.4. The van der Waals surface area contributed by atoms with Gasteiger partial charge in [-0.05, 0) is 36.8 Å². The SMILES string of the molecule is COCCN(C)c1ccc(CN2CCC3OCCCC3C2)cn1. The standard InChI is InChI=1S/C18H29N3O2/c1-20(9-11-22-2)18-6-5-15(12-19-18)13-21-8-7-17-16(14-21)4-3-10-23-17/h5-6,12,16-17H,3-4,7-11,13-14H2,1-2H3. The van der Waals surface area contributed by atoms with Gasteiger partial charge in [0.15, 0.2) is 0 Å². The minimum atomic E-state index is 0.509. The van der Waals surface area contributed by atoms with Gasteiger partial charge in [-0.1, -0.05) is 6.07 Å². The van der Waals surface area contributed by atoms with Crippen LogP contribution in [0.2, 0.25) is 0 Å². The van der Waals surface area contributed by atoms with E-state index in [4.69, 9.17) is 9.47 Å². The second kappa shape index (κ2) is 8.08. The molecule has 2 aliphatic rings. The summed E-state index contributed by atoms with van der Waals surface area (Å²) < 4.78 is 11.0. The first-order valence-corrected chi connectivity index (χ1v) is 8.75. The van der Waals surface area contributed by atoms with Gasteiger partial charge in [-0.2, -0.15) is 0 Å². The third-order valence-electron chi connectivity index (χ3n) is 5.04. The molecule has 128 valence electrons. The Kier molecular flexibility index (Phi) is 5.86. The van der Waals surface area contributed by atoms with Crippen molar-refractivity contribution < 1.29 is 9.47 Å². The van der Waals surface area contributed by atoms with Gasteiger partial charge in [-0.15, -0.1) is 0 Å². The summed E-state index contributed by atoms with van der Waals surface area (Å²) in [5.74, 6) is 1.73. The maximum absolute atomic E-state index is 5.90. The Morgan fingerprint density at radius 2 is 2.30 bits per heavy atom. The van der Waals surface area contributed by atoms with Gasteiger partial charge in [-0.25, -0.2) is 4.98 Å². The topological polar surface area (TPSA) is 37.8 Å². The lowest BCUT2D eigenvalue weighted by molar-refractivity contribution is -0.0676. The predicted molar refractivity (Wildman–Crippen MR) is 91.7 cm³/mol. The van der Waals surface area contributed by atoms with Crippen LogP contribution in [0, 0.1) is 5.92 Å². The van der Waals surface area contributed by atoms with E-state index in [-0.39, 0.29) is 0 Å². The smallest absolute Gasteiger partial charge is 0.128 e. The van der Waals surface area contributed by atoms with E-state index in [1.165, 1.54) is 31.4 Å². The van der Waals surface area contributed by atoms with Crippen molar-refractivity contribution in [3.8, 4) is 0 Å². The molecule has 2 fully saturated rings. The summed E-state index contributed by atoms with van der Waals surface area (Å²) in [5.41, 5.74) is 1.30. The third kappa shape index (κ3) is 4.43. The molecule has 0 amide bonds. The molecule has 5 heteroatoms. The van der Waals surface area contributed by atoms with Gasteiger partial charge < -0.3 is 14.4 Å². The molecule has 0 saturated carbocycles. The number of ether oxygens (including phenoxy) is 2. The molecule has 0 spiro atoms. The van der Waals surface area contributed by atoms with Crippen molar-refractivity contribution >= 4 is 5.82 Å². The first kappa shape index (κ1) is 16.7. The second-order valence-corrected chi connectivity index (χ2v) is 6.77. The van der Waals surface area contributed by atoms with Crippen molar-refractivity contribution in [2.45, 2.75) is 31.9 Å². The summed E-state index contributed by atoms with van der Waals surface area (Å²) >= 11 is 0. The Labute approximate surface area is 139 Å². The number of methoxy groups -OCH3 is 1. The number of rotatable bonds is 6. The van der Waals surface area contributed by atoms with Crippen LogP contribution in [0.5, 0.6) is 0 Å². The van der Waals surface area contributed by atoms with Crippen LogP contribution in [0.15, 0.2) is 18.3 Å². The highest BCUT2D eigenvalue weighted by Crippen LogP contribution is 2.29. The number of fused-ring (bicyclic) bond motifs is 1. The van der Waals surface area contributed by atoms with E-state index in [1.54, 1.807) is 7.11 Å². The van der Waals surface area contributed by atoms with Gasteiger partial charge >= 0.3 is 0 Å². The van der Waals surface area contributed by atoms with Gasteiger partial charge in [-0.3, -0.25) is 4.90 Å². The van der Waals surface area contributed by atoms with E-state index in [1.807, 2.05) is 6.20 Å². The number of piperidine rings is 1. The van der Waals surface area contributed by atoms with Gasteiger partial charge in [0, 0.05) is 53.1 Å². The van der Waals surface area contributed by atoms with Gasteiger partial charge in [0.1, 0.15) is 5.82 Å². The molecule has 0 bridgehead atoms. The van der Waals surface area contributed by atoms with Crippen molar-refractivity contribution in [2.75, 3.05) is 51.9 Å². The van der Waals surface area contributed by atoms with E-state index < -0.39 is 0 Å². The number of likely N-dealkylation sites (N-methyl/N-ethyl adjacent to an activating group) is 1. The maximum atomic E-state index is 5.90. The van der Waals surface area contributed by atoms with Crippen molar-refractivity contribution in [3.05, 3.63) is 23.9 Å². The van der Waals surface area contributed by atoms with Crippen molar-refractivity contribution in [1.29, 1.82) is 0 Å². The van der Waals surface area contributed by atoms with Crippen LogP contribution in [-0.4, -0.2) is 63.0 Å². The normalized spacial score (nSPS) is 25.1. The highest BCUT2D eigenvalue weighted by molar-refractivity contribution is 5.38. The van der Waals surface area contributed by atoms with E-state index >= 15 is 0 Å². The fraction of sp³-hybridized carbons (Fsp3) is 0.722. The van der Waals surface area contributed by atoms with Gasteiger partial charge in [0.25, 0.3) is 0 Å². The lowest BCUT2D eigenvalue weighted by atomic mass is 9.88. The molecule has 0 aliphatic carbocycles. The number of anilines is 1. The lowest BCUT2D eigenvalue weighted by Gasteiger charge is -2.41. The third-order valence-corrected chi connectivity index (χ3v) is 5.04. The molecule has 2 unspecified atom stereocenters. The number of aromatic nitrogens is 1. The van der Waals surface area contributed by atoms with E-state index in [0.717, 1.165) is 44.6 Å². The van der Waals surface area contributed by atoms with Crippen LogP contribution in [-0.2, 0) is 16.0 Å². The van der Waals surface area contributed by atoms with Crippen LogP contribution in [0.25, 0.3) is 0 Å². The molecule has 2 saturated heterocycles. The first-order valence-electron chi connectivity index (χ1n) is 8.75. The van der Waals surface area contributed by atoms with Crippen molar-refractivity contribution in [3.63, 3.8) is 0 Å². The summed E-state index contributed by atoms with van der Waals surface area (Å²) in [7, 11) is 3.78. The average molecular weight is 319 g/mol. The summed E-state index contributed by atoms with van der Waals surface area (Å²) in [4.78, 5) is 9.28. The molecule has 3 rings (SSSR count). The van der Waals surface area contributed by atoms with E-state index in [0.29, 0.717) is 6.10 Å². The summed E-state index contributed by atoms with van der Waals surface area (Å²) in [6.07, 6.45) is 6.25. The minimum absolute atomic E-state index is 0.509. The average Bonchev–Trinajstić information content (AvgIpc) is 2.60. The van der Waals surface area contributed by atoms with Crippen molar-refractivity contribution in [2.24, 2.45) is 5.92 Å². The van der Waals surface area contributed by atoms with E-state index in [2.05, 4.69) is 34.0 Å². The number of hydrogen-bond donors (Lipinski definition) is 0. The molecule has 2 aliphatic heterocycles. The number of nitrogens with zero attached hydrogens (tertiary/aromatic N) is 3. The largest absolute Gasteiger partial charge is 0.383 e.